The molecule has 6 rings (SSSR count). The number of phenolic OH excluding ortho intramolecular Hbond substituents is 1. The number of fused-ring (bicyclic) bond motifs is 1. The second-order valence-electron chi connectivity index (χ2n) is 9.59. The summed E-state index contributed by atoms with van der Waals surface area (Å²) in [6.07, 6.45) is 1.78. The molecule has 38 heavy (non-hydrogen) atoms. The SMILES string of the molecule is CC(C)(c1ccccc1)c1ccc(-c2nc3c(-c4[c-]c(-c5ccccn5)ccc4)cccc3o2)c(O)c1.[Pt]. The van der Waals surface area contributed by atoms with E-state index in [4.69, 9.17) is 9.40 Å². The minimum absolute atomic E-state index is 0. The molecule has 0 unspecified atom stereocenters. The van der Waals surface area contributed by atoms with Crippen molar-refractivity contribution in [3.63, 3.8) is 0 Å². The van der Waals surface area contributed by atoms with Gasteiger partial charge in [-0.1, -0.05) is 85.6 Å². The number of hydrogen-bond donors (Lipinski definition) is 1. The van der Waals surface area contributed by atoms with Gasteiger partial charge < -0.3 is 9.52 Å². The van der Waals surface area contributed by atoms with Crippen LogP contribution >= 0.6 is 0 Å². The van der Waals surface area contributed by atoms with Crippen LogP contribution in [0, 0.1) is 6.07 Å². The normalized spacial score (nSPS) is 11.3. The van der Waals surface area contributed by atoms with Crippen LogP contribution in [0.15, 0.2) is 114 Å². The third-order valence-electron chi connectivity index (χ3n) is 6.89. The summed E-state index contributed by atoms with van der Waals surface area (Å²) in [6.45, 7) is 4.30. The van der Waals surface area contributed by atoms with Gasteiger partial charge in [-0.05, 0) is 35.4 Å². The van der Waals surface area contributed by atoms with Crippen LogP contribution in [0.5, 0.6) is 5.75 Å². The molecule has 0 atom stereocenters. The Labute approximate surface area is 236 Å². The first kappa shape index (κ1) is 25.6. The van der Waals surface area contributed by atoms with Gasteiger partial charge in [0.25, 0.3) is 0 Å². The first-order valence-electron chi connectivity index (χ1n) is 12.2. The Balaban J connectivity index is 0.00000294. The van der Waals surface area contributed by atoms with Gasteiger partial charge in [-0.2, -0.15) is 0 Å². The van der Waals surface area contributed by atoms with Crippen molar-refractivity contribution >= 4 is 11.1 Å². The summed E-state index contributed by atoms with van der Waals surface area (Å²) in [4.78, 5) is 9.26. The van der Waals surface area contributed by atoms with Crippen molar-refractivity contribution in [1.82, 2.24) is 9.97 Å². The van der Waals surface area contributed by atoms with E-state index in [0.29, 0.717) is 17.0 Å². The number of phenols is 1. The number of aromatic hydroxyl groups is 1. The van der Waals surface area contributed by atoms with Gasteiger partial charge in [-0.3, -0.25) is 4.98 Å². The van der Waals surface area contributed by atoms with Crippen molar-refractivity contribution in [2.24, 2.45) is 0 Å². The van der Waals surface area contributed by atoms with Crippen LogP contribution in [0.3, 0.4) is 0 Å². The van der Waals surface area contributed by atoms with Gasteiger partial charge in [0, 0.05) is 38.4 Å². The summed E-state index contributed by atoms with van der Waals surface area (Å²) in [7, 11) is 0. The molecule has 0 aliphatic carbocycles. The van der Waals surface area contributed by atoms with Gasteiger partial charge in [0.1, 0.15) is 11.3 Å². The molecule has 4 nitrogen and oxygen atoms in total. The van der Waals surface area contributed by atoms with Crippen LogP contribution in [0.1, 0.15) is 25.0 Å². The Hall–Kier alpha value is -4.01. The maximum atomic E-state index is 11.0. The Bertz CT molecular complexity index is 1710. The number of benzene rings is 4. The fourth-order valence-corrected chi connectivity index (χ4v) is 4.70. The standard InChI is InChI=1S/C33H25N2O2.Pt/c1-33(2,24-12-4-3-5-13-24)25-17-18-27(29(36)21-25)32-35-31-26(14-9-16-30(31)37-32)22-10-8-11-23(20-22)28-15-6-7-19-34-28;/h3-19,21,36H,1-2H3;/q-1;. The quantitative estimate of drug-likeness (QED) is 0.188. The van der Waals surface area contributed by atoms with Gasteiger partial charge in [0.15, 0.2) is 0 Å². The molecule has 0 amide bonds. The molecule has 2 heterocycles. The van der Waals surface area contributed by atoms with E-state index in [2.05, 4.69) is 37.0 Å². The average molecular weight is 677 g/mol. The van der Waals surface area contributed by atoms with Crippen LogP contribution in [-0.4, -0.2) is 15.1 Å². The van der Waals surface area contributed by atoms with E-state index in [9.17, 15) is 5.11 Å². The molecule has 0 aliphatic rings. The van der Waals surface area contributed by atoms with Gasteiger partial charge in [0.05, 0.1) is 11.1 Å². The van der Waals surface area contributed by atoms with Gasteiger partial charge in [0.2, 0.25) is 5.89 Å². The largest absolute Gasteiger partial charge is 0.507 e. The molecule has 0 spiro atoms. The van der Waals surface area contributed by atoms with Crippen molar-refractivity contribution in [2.45, 2.75) is 19.3 Å². The fraction of sp³-hybridized carbons (Fsp3) is 0.0909. The third kappa shape index (κ3) is 4.68. The van der Waals surface area contributed by atoms with Crippen LogP contribution in [0.25, 0.3) is 44.9 Å². The van der Waals surface area contributed by atoms with E-state index in [1.54, 1.807) is 6.20 Å². The molecule has 5 heteroatoms. The number of pyridine rings is 1. The maximum absolute atomic E-state index is 11.0. The number of aromatic nitrogens is 2. The Morgan fingerprint density at radius 3 is 2.26 bits per heavy atom. The van der Waals surface area contributed by atoms with Crippen LogP contribution < -0.4 is 0 Å². The monoisotopic (exact) mass is 676 g/mol. The van der Waals surface area contributed by atoms with Crippen molar-refractivity contribution in [3.8, 4) is 39.6 Å². The van der Waals surface area contributed by atoms with E-state index < -0.39 is 0 Å². The smallest absolute Gasteiger partial charge is 0.230 e. The summed E-state index contributed by atoms with van der Waals surface area (Å²) < 4.78 is 6.12. The molecule has 0 saturated heterocycles. The Morgan fingerprint density at radius 2 is 1.50 bits per heavy atom. The number of nitrogens with zero attached hydrogens (tertiary/aromatic N) is 2. The number of oxazole rings is 1. The van der Waals surface area contributed by atoms with Gasteiger partial charge >= 0.3 is 0 Å². The zero-order chi connectivity index (χ0) is 25.4. The topological polar surface area (TPSA) is 59.2 Å². The molecule has 6 aromatic rings. The van der Waals surface area contributed by atoms with E-state index in [0.717, 1.165) is 33.5 Å². The molecule has 0 radical (unpaired) electrons. The van der Waals surface area contributed by atoms with Crippen LogP contribution in [-0.2, 0) is 26.5 Å². The van der Waals surface area contributed by atoms with Crippen molar-refractivity contribution in [2.75, 3.05) is 0 Å². The van der Waals surface area contributed by atoms with Crippen LogP contribution in [0.4, 0.5) is 0 Å². The summed E-state index contributed by atoms with van der Waals surface area (Å²) >= 11 is 0. The van der Waals surface area contributed by atoms with E-state index in [1.165, 1.54) is 5.56 Å². The predicted octanol–water partition coefficient (Wildman–Crippen LogP) is 8.05. The molecular formula is C33H25N2O2Pt-. The van der Waals surface area contributed by atoms with Crippen LogP contribution in [0.2, 0.25) is 0 Å². The Kier molecular flexibility index (Phi) is 7.01. The van der Waals surface area contributed by atoms with Gasteiger partial charge in [-0.25, -0.2) is 4.98 Å². The maximum Gasteiger partial charge on any atom is 0.230 e. The second kappa shape index (κ2) is 10.4. The summed E-state index contributed by atoms with van der Waals surface area (Å²) in [6, 6.07) is 37.1. The zero-order valence-electron chi connectivity index (χ0n) is 21.0. The van der Waals surface area contributed by atoms with E-state index in [-0.39, 0.29) is 32.2 Å². The average Bonchev–Trinajstić information content (AvgIpc) is 3.38. The minimum Gasteiger partial charge on any atom is -0.507 e. The second-order valence-corrected chi connectivity index (χ2v) is 9.59. The zero-order valence-corrected chi connectivity index (χ0v) is 23.2. The molecule has 0 fully saturated rings. The van der Waals surface area contributed by atoms with Crippen molar-refractivity contribution in [3.05, 3.63) is 127 Å². The molecule has 0 bridgehead atoms. The number of rotatable bonds is 5. The van der Waals surface area contributed by atoms with Crippen molar-refractivity contribution < 1.29 is 30.6 Å². The predicted molar refractivity (Wildman–Crippen MR) is 147 cm³/mol. The molecule has 0 aliphatic heterocycles. The Morgan fingerprint density at radius 1 is 0.737 bits per heavy atom. The molecule has 0 saturated carbocycles. The minimum atomic E-state index is -0.264. The van der Waals surface area contributed by atoms with Gasteiger partial charge in [-0.15, -0.1) is 29.8 Å². The molecule has 4 aromatic carbocycles. The summed E-state index contributed by atoms with van der Waals surface area (Å²) in [5, 5.41) is 11.0. The number of para-hydroxylation sites is 1. The summed E-state index contributed by atoms with van der Waals surface area (Å²) in [5.74, 6) is 0.517. The van der Waals surface area contributed by atoms with E-state index >= 15 is 0 Å². The first-order valence-corrected chi connectivity index (χ1v) is 12.2. The summed E-state index contributed by atoms with van der Waals surface area (Å²) in [5.41, 5.74) is 7.44. The fourth-order valence-electron chi connectivity index (χ4n) is 4.70. The number of hydrogen-bond acceptors (Lipinski definition) is 4. The van der Waals surface area contributed by atoms with Crippen molar-refractivity contribution in [1.29, 1.82) is 0 Å². The molecular weight excluding hydrogens is 651 g/mol. The molecule has 1 N–H and O–H groups in total. The van der Waals surface area contributed by atoms with E-state index in [1.807, 2.05) is 91.0 Å². The molecule has 2 aromatic heterocycles. The first-order chi connectivity index (χ1) is 18.0. The molecule has 190 valence electrons. The third-order valence-corrected chi connectivity index (χ3v) is 6.89.